The van der Waals surface area contributed by atoms with Gasteiger partial charge in [-0.15, -0.1) is 0 Å². The van der Waals surface area contributed by atoms with Crippen LogP contribution in [0.2, 0.25) is 0 Å². The standard InChI is InChI=1S/C11H18N2O3/c1-2-16-11(15)9(12)10(14)13-6-7-3-4-8(13)5-7/h7-9H,2-6,12H2,1H3. The molecular weight excluding hydrogens is 208 g/mol. The van der Waals surface area contributed by atoms with Crippen LogP contribution in [0.4, 0.5) is 0 Å². The van der Waals surface area contributed by atoms with Crippen LogP contribution in [0.15, 0.2) is 0 Å². The molecule has 5 nitrogen and oxygen atoms in total. The Balaban J connectivity index is 1.94. The summed E-state index contributed by atoms with van der Waals surface area (Å²) in [6, 6.07) is -0.836. The number of amides is 1. The molecule has 1 heterocycles. The van der Waals surface area contributed by atoms with Gasteiger partial charge in [0.1, 0.15) is 0 Å². The second-order valence-corrected chi connectivity index (χ2v) is 4.55. The van der Waals surface area contributed by atoms with E-state index in [9.17, 15) is 9.59 Å². The first kappa shape index (κ1) is 11.4. The maximum atomic E-state index is 12.0. The van der Waals surface area contributed by atoms with Crippen LogP contribution >= 0.6 is 0 Å². The van der Waals surface area contributed by atoms with E-state index in [4.69, 9.17) is 10.5 Å². The minimum absolute atomic E-state index is 0.256. The van der Waals surface area contributed by atoms with Crippen LogP contribution < -0.4 is 5.73 Å². The molecule has 2 aliphatic rings. The number of rotatable bonds is 3. The average Bonchev–Trinajstić information content (AvgIpc) is 2.89. The lowest BCUT2D eigenvalue weighted by molar-refractivity contribution is -0.151. The van der Waals surface area contributed by atoms with Gasteiger partial charge in [0, 0.05) is 12.6 Å². The zero-order chi connectivity index (χ0) is 11.7. The fraction of sp³-hybridized carbons (Fsp3) is 0.818. The molecule has 0 radical (unpaired) electrons. The monoisotopic (exact) mass is 226 g/mol. The fourth-order valence-electron chi connectivity index (χ4n) is 2.71. The molecule has 1 amide bonds. The van der Waals surface area contributed by atoms with Crippen LogP contribution in [-0.4, -0.2) is 42.0 Å². The van der Waals surface area contributed by atoms with E-state index >= 15 is 0 Å². The molecule has 2 rings (SSSR count). The van der Waals surface area contributed by atoms with Gasteiger partial charge >= 0.3 is 5.97 Å². The lowest BCUT2D eigenvalue weighted by Crippen LogP contribution is -2.51. The molecule has 3 atom stereocenters. The largest absolute Gasteiger partial charge is 0.464 e. The van der Waals surface area contributed by atoms with E-state index in [2.05, 4.69) is 0 Å². The summed E-state index contributed by atoms with van der Waals surface area (Å²) in [7, 11) is 0. The smallest absolute Gasteiger partial charge is 0.332 e. The van der Waals surface area contributed by atoms with Crippen LogP contribution in [-0.2, 0) is 14.3 Å². The van der Waals surface area contributed by atoms with Crippen molar-refractivity contribution in [3.63, 3.8) is 0 Å². The zero-order valence-corrected chi connectivity index (χ0v) is 9.52. The molecule has 1 aliphatic heterocycles. The van der Waals surface area contributed by atoms with Gasteiger partial charge in [0.15, 0.2) is 6.04 Å². The summed E-state index contributed by atoms with van der Waals surface area (Å²) in [5, 5.41) is 0. The summed E-state index contributed by atoms with van der Waals surface area (Å²) in [5.41, 5.74) is 5.59. The van der Waals surface area contributed by atoms with Gasteiger partial charge in [0.2, 0.25) is 0 Å². The predicted molar refractivity (Wildman–Crippen MR) is 57.5 cm³/mol. The maximum Gasteiger partial charge on any atom is 0.332 e. The second-order valence-electron chi connectivity index (χ2n) is 4.55. The number of carbonyl (C=O) groups is 2. The lowest BCUT2D eigenvalue weighted by Gasteiger charge is -2.28. The van der Waals surface area contributed by atoms with E-state index < -0.39 is 12.0 Å². The predicted octanol–water partition coefficient (Wildman–Crippen LogP) is -0.112. The summed E-state index contributed by atoms with van der Waals surface area (Å²) < 4.78 is 4.75. The highest BCUT2D eigenvalue weighted by Gasteiger charge is 2.42. The van der Waals surface area contributed by atoms with Crippen LogP contribution in [0.5, 0.6) is 0 Å². The van der Waals surface area contributed by atoms with Crippen molar-refractivity contribution in [2.75, 3.05) is 13.2 Å². The third kappa shape index (κ3) is 1.91. The Hall–Kier alpha value is -1.10. The van der Waals surface area contributed by atoms with Crippen LogP contribution in [0, 0.1) is 5.92 Å². The summed E-state index contributed by atoms with van der Waals surface area (Å²) in [4.78, 5) is 25.1. The SMILES string of the molecule is CCOC(=O)C(N)C(=O)N1CC2CCC1C2. The first-order valence-corrected chi connectivity index (χ1v) is 5.86. The molecule has 1 saturated carbocycles. The molecule has 5 heteroatoms. The highest BCUT2D eigenvalue weighted by atomic mass is 16.5. The Morgan fingerprint density at radius 1 is 1.50 bits per heavy atom. The summed E-state index contributed by atoms with van der Waals surface area (Å²) in [6.07, 6.45) is 3.32. The van der Waals surface area contributed by atoms with Gasteiger partial charge < -0.3 is 15.4 Å². The zero-order valence-electron chi connectivity index (χ0n) is 9.52. The molecular formula is C11H18N2O3. The first-order chi connectivity index (χ1) is 7.63. The van der Waals surface area contributed by atoms with Crippen LogP contribution in [0.3, 0.4) is 0 Å². The van der Waals surface area contributed by atoms with E-state index in [1.54, 1.807) is 11.8 Å². The number of esters is 1. The molecule has 1 saturated heterocycles. The highest BCUT2D eigenvalue weighted by molar-refractivity contribution is 6.01. The topological polar surface area (TPSA) is 72.6 Å². The van der Waals surface area contributed by atoms with E-state index in [-0.39, 0.29) is 12.5 Å². The van der Waals surface area contributed by atoms with Gasteiger partial charge in [-0.3, -0.25) is 4.79 Å². The Morgan fingerprint density at radius 2 is 2.25 bits per heavy atom. The number of piperidine rings is 1. The van der Waals surface area contributed by atoms with Gasteiger partial charge in [0.05, 0.1) is 6.61 Å². The van der Waals surface area contributed by atoms with Crippen LogP contribution in [0.25, 0.3) is 0 Å². The molecule has 1 aliphatic carbocycles. The van der Waals surface area contributed by atoms with Gasteiger partial charge in [-0.25, -0.2) is 4.79 Å². The van der Waals surface area contributed by atoms with Gasteiger partial charge in [-0.1, -0.05) is 0 Å². The maximum absolute atomic E-state index is 12.0. The van der Waals surface area contributed by atoms with Crippen molar-refractivity contribution in [3.05, 3.63) is 0 Å². The third-order valence-electron chi connectivity index (χ3n) is 3.50. The van der Waals surface area contributed by atoms with Crippen molar-refractivity contribution in [2.24, 2.45) is 11.7 Å². The van der Waals surface area contributed by atoms with E-state index in [0.29, 0.717) is 12.0 Å². The Kier molecular flexibility index (Phi) is 3.14. The molecule has 2 bridgehead atoms. The molecule has 0 aromatic carbocycles. The molecule has 3 unspecified atom stereocenters. The first-order valence-electron chi connectivity index (χ1n) is 5.86. The van der Waals surface area contributed by atoms with Crippen molar-refractivity contribution < 1.29 is 14.3 Å². The van der Waals surface area contributed by atoms with E-state index in [0.717, 1.165) is 19.4 Å². The summed E-state index contributed by atoms with van der Waals surface area (Å²) in [5.74, 6) is -0.274. The Labute approximate surface area is 94.9 Å². The second kappa shape index (κ2) is 4.41. The normalized spacial score (nSPS) is 29.2. The van der Waals surface area contributed by atoms with Crippen molar-refractivity contribution in [2.45, 2.75) is 38.3 Å². The van der Waals surface area contributed by atoms with Crippen molar-refractivity contribution in [1.29, 1.82) is 0 Å². The molecule has 90 valence electrons. The number of nitrogens with zero attached hydrogens (tertiary/aromatic N) is 1. The molecule has 0 spiro atoms. The number of carbonyl (C=O) groups excluding carboxylic acids is 2. The minimum atomic E-state index is -1.14. The number of hydrogen-bond acceptors (Lipinski definition) is 4. The van der Waals surface area contributed by atoms with E-state index in [1.165, 1.54) is 6.42 Å². The quantitative estimate of drug-likeness (QED) is 0.538. The van der Waals surface area contributed by atoms with Gasteiger partial charge in [-0.05, 0) is 32.1 Å². The Morgan fingerprint density at radius 3 is 2.75 bits per heavy atom. The average molecular weight is 226 g/mol. The fourth-order valence-corrected chi connectivity index (χ4v) is 2.71. The van der Waals surface area contributed by atoms with Crippen LogP contribution in [0.1, 0.15) is 26.2 Å². The minimum Gasteiger partial charge on any atom is -0.464 e. The molecule has 2 N–H and O–H groups in total. The van der Waals surface area contributed by atoms with E-state index in [1.807, 2.05) is 0 Å². The molecule has 0 aromatic heterocycles. The lowest BCUT2D eigenvalue weighted by atomic mass is 10.1. The number of fused-ring (bicyclic) bond motifs is 2. The molecule has 2 fully saturated rings. The van der Waals surface area contributed by atoms with Crippen molar-refractivity contribution >= 4 is 11.9 Å². The summed E-state index contributed by atoms with van der Waals surface area (Å²) >= 11 is 0. The molecule has 16 heavy (non-hydrogen) atoms. The van der Waals surface area contributed by atoms with Gasteiger partial charge in [-0.2, -0.15) is 0 Å². The highest BCUT2D eigenvalue weighted by Crippen LogP contribution is 2.37. The number of nitrogens with two attached hydrogens (primary N) is 1. The molecule has 0 aromatic rings. The number of likely N-dealkylation sites (tertiary alicyclic amines) is 1. The van der Waals surface area contributed by atoms with Crippen molar-refractivity contribution in [1.82, 2.24) is 4.90 Å². The number of ether oxygens (including phenoxy) is 1. The third-order valence-corrected chi connectivity index (χ3v) is 3.50. The van der Waals surface area contributed by atoms with Gasteiger partial charge in [0.25, 0.3) is 5.91 Å². The summed E-state index contributed by atoms with van der Waals surface area (Å²) in [6.45, 7) is 2.72. The van der Waals surface area contributed by atoms with Crippen molar-refractivity contribution in [3.8, 4) is 0 Å². The Bertz CT molecular complexity index is 306. The number of hydrogen-bond donors (Lipinski definition) is 1.